The molecular formula is C23H24N4O3S. The number of carbonyl (C=O) groups excluding carboxylic acids is 2. The molecule has 0 spiro atoms. The minimum absolute atomic E-state index is 0.0860. The summed E-state index contributed by atoms with van der Waals surface area (Å²) in [5, 5.41) is 2.89. The van der Waals surface area contributed by atoms with Gasteiger partial charge in [0.1, 0.15) is 5.82 Å². The van der Waals surface area contributed by atoms with E-state index in [9.17, 15) is 9.59 Å². The van der Waals surface area contributed by atoms with Crippen molar-refractivity contribution >= 4 is 35.1 Å². The van der Waals surface area contributed by atoms with Gasteiger partial charge in [-0.2, -0.15) is 11.8 Å². The Morgan fingerprint density at radius 3 is 2.45 bits per heavy atom. The summed E-state index contributed by atoms with van der Waals surface area (Å²) in [5.41, 5.74) is 2.46. The van der Waals surface area contributed by atoms with Crippen LogP contribution in [0.25, 0.3) is 0 Å². The molecule has 0 atom stereocenters. The highest BCUT2D eigenvalue weighted by molar-refractivity contribution is 7.97. The van der Waals surface area contributed by atoms with Crippen LogP contribution in [-0.4, -0.2) is 54.1 Å². The number of nitrogens with one attached hydrogen (secondary N) is 1. The lowest BCUT2D eigenvalue weighted by atomic mass is 10.1. The van der Waals surface area contributed by atoms with Crippen molar-refractivity contribution in [2.75, 3.05) is 42.7 Å². The number of piperazine rings is 1. The van der Waals surface area contributed by atoms with Crippen LogP contribution in [-0.2, 0) is 5.75 Å². The Morgan fingerprint density at radius 2 is 1.84 bits per heavy atom. The Balaban J connectivity index is 1.31. The molecule has 0 bridgehead atoms. The largest absolute Gasteiger partial charge is 0.459 e. The van der Waals surface area contributed by atoms with Gasteiger partial charge in [0.25, 0.3) is 11.8 Å². The molecule has 1 aromatic carbocycles. The predicted molar refractivity (Wildman–Crippen MR) is 123 cm³/mol. The summed E-state index contributed by atoms with van der Waals surface area (Å²) in [4.78, 5) is 33.3. The molecule has 2 amide bonds. The number of furan rings is 1. The second kappa shape index (κ2) is 9.70. The van der Waals surface area contributed by atoms with Gasteiger partial charge in [0, 0.05) is 37.5 Å². The fourth-order valence-electron chi connectivity index (χ4n) is 3.46. The highest BCUT2D eigenvalue weighted by atomic mass is 32.2. The van der Waals surface area contributed by atoms with E-state index >= 15 is 0 Å². The SMILES string of the molecule is CSCc1ccc(C(=O)Nc2ccc(N3CCN(C(=O)c4ccco4)CC3)nc2)cc1. The van der Waals surface area contributed by atoms with Gasteiger partial charge in [-0.1, -0.05) is 12.1 Å². The first-order valence-electron chi connectivity index (χ1n) is 10.1. The molecule has 31 heavy (non-hydrogen) atoms. The molecule has 0 aliphatic carbocycles. The van der Waals surface area contributed by atoms with Crippen LogP contribution < -0.4 is 10.2 Å². The quantitative estimate of drug-likeness (QED) is 0.634. The molecule has 1 N–H and O–H groups in total. The monoisotopic (exact) mass is 436 g/mol. The third kappa shape index (κ3) is 5.08. The van der Waals surface area contributed by atoms with E-state index < -0.39 is 0 Å². The zero-order valence-corrected chi connectivity index (χ0v) is 18.1. The number of hydrogen-bond acceptors (Lipinski definition) is 6. The third-order valence-electron chi connectivity index (χ3n) is 5.16. The Hall–Kier alpha value is -3.26. The van der Waals surface area contributed by atoms with E-state index in [1.54, 1.807) is 35.0 Å². The van der Waals surface area contributed by atoms with Gasteiger partial charge >= 0.3 is 0 Å². The first kappa shape index (κ1) is 21.0. The molecule has 3 aromatic rings. The average Bonchev–Trinajstić information content (AvgIpc) is 3.35. The molecule has 0 saturated carbocycles. The van der Waals surface area contributed by atoms with Crippen molar-refractivity contribution in [2.45, 2.75) is 5.75 Å². The summed E-state index contributed by atoms with van der Waals surface area (Å²) in [7, 11) is 0. The first-order valence-corrected chi connectivity index (χ1v) is 11.5. The fourth-order valence-corrected chi connectivity index (χ4v) is 3.99. The van der Waals surface area contributed by atoms with Crippen LogP contribution in [0.4, 0.5) is 11.5 Å². The van der Waals surface area contributed by atoms with Crippen molar-refractivity contribution in [3.05, 3.63) is 77.9 Å². The number of benzene rings is 1. The maximum atomic E-state index is 12.5. The Kier molecular flexibility index (Phi) is 6.57. The van der Waals surface area contributed by atoms with Crippen molar-refractivity contribution in [1.29, 1.82) is 0 Å². The van der Waals surface area contributed by atoms with Crippen LogP contribution >= 0.6 is 11.8 Å². The van der Waals surface area contributed by atoms with E-state index in [-0.39, 0.29) is 11.8 Å². The minimum atomic E-state index is -0.157. The van der Waals surface area contributed by atoms with Gasteiger partial charge < -0.3 is 19.5 Å². The number of anilines is 2. The Bertz CT molecular complexity index is 1010. The summed E-state index contributed by atoms with van der Waals surface area (Å²) >= 11 is 1.75. The number of carbonyl (C=O) groups is 2. The summed E-state index contributed by atoms with van der Waals surface area (Å²) in [6.07, 6.45) is 5.22. The second-order valence-corrected chi connectivity index (χ2v) is 8.11. The molecule has 0 unspecified atom stereocenters. The molecular weight excluding hydrogens is 412 g/mol. The normalized spacial score (nSPS) is 13.8. The van der Waals surface area contributed by atoms with Crippen LogP contribution in [0.1, 0.15) is 26.5 Å². The summed E-state index contributed by atoms with van der Waals surface area (Å²) in [5.74, 6) is 1.88. The van der Waals surface area contributed by atoms with Crippen molar-refractivity contribution in [1.82, 2.24) is 9.88 Å². The van der Waals surface area contributed by atoms with Crippen LogP contribution in [0.5, 0.6) is 0 Å². The standard InChI is InChI=1S/C23H24N4O3S/c1-31-16-17-4-6-18(7-5-17)22(28)25-19-8-9-21(24-15-19)26-10-12-27(13-11-26)23(29)20-3-2-14-30-20/h2-9,14-15H,10-13,16H2,1H3,(H,25,28). The van der Waals surface area contributed by atoms with Crippen molar-refractivity contribution in [3.63, 3.8) is 0 Å². The molecule has 1 aliphatic rings. The summed E-state index contributed by atoms with van der Waals surface area (Å²) < 4.78 is 5.20. The smallest absolute Gasteiger partial charge is 0.289 e. The zero-order valence-electron chi connectivity index (χ0n) is 17.3. The molecule has 4 rings (SSSR count). The van der Waals surface area contributed by atoms with E-state index in [1.807, 2.05) is 36.4 Å². The van der Waals surface area contributed by atoms with Gasteiger partial charge in [0.15, 0.2) is 5.76 Å². The molecule has 7 nitrogen and oxygen atoms in total. The molecule has 0 radical (unpaired) electrons. The topological polar surface area (TPSA) is 78.7 Å². The highest BCUT2D eigenvalue weighted by Crippen LogP contribution is 2.18. The van der Waals surface area contributed by atoms with Gasteiger partial charge in [0.2, 0.25) is 0 Å². The maximum absolute atomic E-state index is 12.5. The zero-order chi connectivity index (χ0) is 21.6. The van der Waals surface area contributed by atoms with Gasteiger partial charge in [-0.3, -0.25) is 9.59 Å². The van der Waals surface area contributed by atoms with Crippen molar-refractivity contribution in [2.24, 2.45) is 0 Å². The average molecular weight is 437 g/mol. The lowest BCUT2D eigenvalue weighted by Gasteiger charge is -2.35. The van der Waals surface area contributed by atoms with E-state index in [1.165, 1.54) is 11.8 Å². The Labute approximate surface area is 185 Å². The number of pyridine rings is 1. The van der Waals surface area contributed by atoms with Crippen LogP contribution in [0.15, 0.2) is 65.4 Å². The number of nitrogens with zero attached hydrogens (tertiary/aromatic N) is 3. The number of amides is 2. The number of hydrogen-bond donors (Lipinski definition) is 1. The van der Waals surface area contributed by atoms with Crippen LogP contribution in [0.2, 0.25) is 0 Å². The van der Waals surface area contributed by atoms with Crippen LogP contribution in [0, 0.1) is 0 Å². The Morgan fingerprint density at radius 1 is 1.06 bits per heavy atom. The van der Waals surface area contributed by atoms with Crippen molar-refractivity contribution < 1.29 is 14.0 Å². The first-order chi connectivity index (χ1) is 15.1. The molecule has 8 heteroatoms. The minimum Gasteiger partial charge on any atom is -0.459 e. The van der Waals surface area contributed by atoms with E-state index in [4.69, 9.17) is 4.42 Å². The van der Waals surface area contributed by atoms with Gasteiger partial charge in [-0.25, -0.2) is 4.98 Å². The number of rotatable bonds is 6. The van der Waals surface area contributed by atoms with Gasteiger partial charge in [0.05, 0.1) is 18.1 Å². The van der Waals surface area contributed by atoms with Crippen molar-refractivity contribution in [3.8, 4) is 0 Å². The summed E-state index contributed by atoms with van der Waals surface area (Å²) in [6, 6.07) is 14.8. The molecule has 1 aliphatic heterocycles. The fraction of sp³-hybridized carbons (Fsp3) is 0.261. The predicted octanol–water partition coefficient (Wildman–Crippen LogP) is 3.75. The molecule has 160 valence electrons. The van der Waals surface area contributed by atoms with E-state index in [2.05, 4.69) is 21.5 Å². The maximum Gasteiger partial charge on any atom is 0.289 e. The number of thioether (sulfide) groups is 1. The molecule has 1 fully saturated rings. The molecule has 2 aromatic heterocycles. The van der Waals surface area contributed by atoms with Crippen LogP contribution in [0.3, 0.4) is 0 Å². The molecule has 1 saturated heterocycles. The lowest BCUT2D eigenvalue weighted by molar-refractivity contribution is 0.0714. The van der Waals surface area contributed by atoms with E-state index in [0.29, 0.717) is 43.2 Å². The second-order valence-electron chi connectivity index (χ2n) is 7.25. The third-order valence-corrected chi connectivity index (χ3v) is 5.78. The van der Waals surface area contributed by atoms with Gasteiger partial charge in [-0.05, 0) is 48.2 Å². The highest BCUT2D eigenvalue weighted by Gasteiger charge is 2.24. The summed E-state index contributed by atoms with van der Waals surface area (Å²) in [6.45, 7) is 2.58. The lowest BCUT2D eigenvalue weighted by Crippen LogP contribution is -2.49. The molecule has 3 heterocycles. The van der Waals surface area contributed by atoms with E-state index in [0.717, 1.165) is 11.6 Å². The van der Waals surface area contributed by atoms with Gasteiger partial charge in [-0.15, -0.1) is 0 Å². The number of aromatic nitrogens is 1.